The van der Waals surface area contributed by atoms with Gasteiger partial charge in [-0.05, 0) is 25.0 Å². The number of rotatable bonds is 6. The molecular weight excluding hydrogens is 334 g/mol. The second-order valence-corrected chi connectivity index (χ2v) is 6.42. The third-order valence-electron chi connectivity index (χ3n) is 4.79. The van der Waals surface area contributed by atoms with Crippen molar-refractivity contribution in [3.63, 3.8) is 0 Å². The smallest absolute Gasteiger partial charge is 0.278 e. The van der Waals surface area contributed by atoms with Gasteiger partial charge >= 0.3 is 0 Å². The second kappa shape index (κ2) is 7.61. The lowest BCUT2D eigenvalue weighted by Crippen LogP contribution is -2.38. The van der Waals surface area contributed by atoms with Gasteiger partial charge in [-0.3, -0.25) is 20.5 Å². The van der Waals surface area contributed by atoms with Crippen LogP contribution < -0.4 is 21.5 Å². The number of non-ortho nitro benzene ring substituents is 1. The molecule has 1 fully saturated rings. The Morgan fingerprint density at radius 2 is 2.19 bits per heavy atom. The van der Waals surface area contributed by atoms with Gasteiger partial charge in [0.1, 0.15) is 0 Å². The van der Waals surface area contributed by atoms with Crippen molar-refractivity contribution < 1.29 is 4.92 Å². The Balaban J connectivity index is 1.71. The average molecular weight is 355 g/mol. The predicted molar refractivity (Wildman–Crippen MR) is 98.0 cm³/mol. The first-order valence-electron chi connectivity index (χ1n) is 8.41. The monoisotopic (exact) mass is 355 g/mol. The number of benzene rings is 1. The van der Waals surface area contributed by atoms with Gasteiger partial charge in [0, 0.05) is 49.2 Å². The van der Waals surface area contributed by atoms with E-state index in [4.69, 9.17) is 5.73 Å². The summed E-state index contributed by atoms with van der Waals surface area (Å²) in [5.41, 5.74) is 12.8. The summed E-state index contributed by atoms with van der Waals surface area (Å²) < 4.78 is 0. The number of hydrogen-bond acceptors (Lipinski definition) is 8. The number of nitrogens with one attached hydrogen (secondary N) is 2. The standard InChI is InChI=1S/C17H21N7O2/c1-23(8-2-3-14-12(9-18)17(19)22-21-14)15-4-5-16(24(25)26)13-10-20-7-6-11(13)15/h4-7,10,12,14,17,21-22H,2-3,8,19H2,1H3. The van der Waals surface area contributed by atoms with E-state index in [2.05, 4.69) is 26.8 Å². The Bertz CT molecular complexity index is 851. The number of nitrogens with two attached hydrogens (primary N) is 1. The topological polar surface area (TPSA) is 133 Å². The maximum atomic E-state index is 11.2. The number of nitrogens with zero attached hydrogens (tertiary/aromatic N) is 4. The van der Waals surface area contributed by atoms with Crippen molar-refractivity contribution in [2.75, 3.05) is 18.5 Å². The molecule has 3 unspecified atom stereocenters. The molecule has 1 aliphatic rings. The zero-order chi connectivity index (χ0) is 18.7. The van der Waals surface area contributed by atoms with Crippen LogP contribution in [0.4, 0.5) is 11.4 Å². The number of nitro groups is 1. The van der Waals surface area contributed by atoms with E-state index in [9.17, 15) is 15.4 Å². The normalized spacial score (nSPS) is 22.3. The molecule has 9 nitrogen and oxygen atoms in total. The number of hydrogen-bond donors (Lipinski definition) is 3. The fourth-order valence-electron chi connectivity index (χ4n) is 3.38. The molecule has 2 aromatic rings. The van der Waals surface area contributed by atoms with E-state index in [1.54, 1.807) is 18.3 Å². The van der Waals surface area contributed by atoms with Gasteiger partial charge in [0.25, 0.3) is 5.69 Å². The van der Waals surface area contributed by atoms with E-state index in [1.165, 1.54) is 12.3 Å². The van der Waals surface area contributed by atoms with Gasteiger partial charge in [0.15, 0.2) is 0 Å². The predicted octanol–water partition coefficient (Wildman–Crippen LogP) is 1.26. The number of nitriles is 1. The molecule has 1 saturated heterocycles. The highest BCUT2D eigenvalue weighted by Gasteiger charge is 2.33. The van der Waals surface area contributed by atoms with Crippen molar-refractivity contribution in [3.05, 3.63) is 40.7 Å². The molecule has 1 aromatic carbocycles. The second-order valence-electron chi connectivity index (χ2n) is 6.42. The fraction of sp³-hybridized carbons (Fsp3) is 0.412. The molecule has 4 N–H and O–H groups in total. The number of pyridine rings is 1. The highest BCUT2D eigenvalue weighted by atomic mass is 16.6. The van der Waals surface area contributed by atoms with E-state index in [0.717, 1.165) is 30.5 Å². The minimum atomic E-state index is -0.391. The summed E-state index contributed by atoms with van der Waals surface area (Å²) in [5, 5.41) is 21.7. The molecule has 0 spiro atoms. The van der Waals surface area contributed by atoms with Gasteiger partial charge in [-0.25, -0.2) is 5.43 Å². The number of hydrazine groups is 1. The Kier molecular flexibility index (Phi) is 5.27. The lowest BCUT2D eigenvalue weighted by atomic mass is 9.97. The minimum absolute atomic E-state index is 0.0150. The molecule has 3 atom stereocenters. The molecule has 0 saturated carbocycles. The van der Waals surface area contributed by atoms with Crippen LogP contribution in [-0.2, 0) is 0 Å². The van der Waals surface area contributed by atoms with Crippen molar-refractivity contribution >= 4 is 22.1 Å². The molecule has 2 heterocycles. The molecule has 26 heavy (non-hydrogen) atoms. The summed E-state index contributed by atoms with van der Waals surface area (Å²) in [6.07, 6.45) is 4.46. The van der Waals surface area contributed by atoms with Crippen LogP contribution in [-0.4, -0.2) is 35.7 Å². The Hall–Kier alpha value is -2.80. The van der Waals surface area contributed by atoms with Crippen LogP contribution in [0.15, 0.2) is 30.6 Å². The molecule has 1 aliphatic heterocycles. The Morgan fingerprint density at radius 1 is 1.38 bits per heavy atom. The summed E-state index contributed by atoms with van der Waals surface area (Å²) in [5.74, 6) is -0.258. The van der Waals surface area contributed by atoms with Crippen LogP contribution in [0.2, 0.25) is 0 Å². The number of fused-ring (bicyclic) bond motifs is 1. The third-order valence-corrected chi connectivity index (χ3v) is 4.79. The van der Waals surface area contributed by atoms with E-state index >= 15 is 0 Å². The Morgan fingerprint density at radius 3 is 2.92 bits per heavy atom. The maximum Gasteiger partial charge on any atom is 0.278 e. The lowest BCUT2D eigenvalue weighted by Gasteiger charge is -2.22. The lowest BCUT2D eigenvalue weighted by molar-refractivity contribution is -0.383. The van der Waals surface area contributed by atoms with Gasteiger partial charge in [0.2, 0.25) is 0 Å². The van der Waals surface area contributed by atoms with Crippen molar-refractivity contribution in [3.8, 4) is 6.07 Å². The van der Waals surface area contributed by atoms with Crippen LogP contribution in [0.1, 0.15) is 12.8 Å². The van der Waals surface area contributed by atoms with Crippen LogP contribution in [0.3, 0.4) is 0 Å². The molecule has 0 aliphatic carbocycles. The van der Waals surface area contributed by atoms with Gasteiger partial charge in [-0.15, -0.1) is 0 Å². The summed E-state index contributed by atoms with van der Waals surface area (Å²) in [6.45, 7) is 0.751. The summed E-state index contributed by atoms with van der Waals surface area (Å²) in [6, 6.07) is 7.33. The first-order chi connectivity index (χ1) is 12.5. The SMILES string of the molecule is CN(CCCC1NNC(N)C1C#N)c1ccc([N+](=O)[O-])c2cnccc12. The molecule has 3 rings (SSSR count). The van der Waals surface area contributed by atoms with Gasteiger partial charge in [-0.1, -0.05) is 0 Å². The van der Waals surface area contributed by atoms with Crippen molar-refractivity contribution in [1.29, 1.82) is 5.26 Å². The highest BCUT2D eigenvalue weighted by Crippen LogP contribution is 2.32. The van der Waals surface area contributed by atoms with Crippen LogP contribution in [0.5, 0.6) is 0 Å². The zero-order valence-corrected chi connectivity index (χ0v) is 14.4. The molecule has 0 amide bonds. The maximum absolute atomic E-state index is 11.2. The third kappa shape index (κ3) is 3.43. The number of aromatic nitrogens is 1. The molecule has 0 bridgehead atoms. The van der Waals surface area contributed by atoms with Crippen LogP contribution in [0.25, 0.3) is 10.8 Å². The average Bonchev–Trinajstić information content (AvgIpc) is 3.00. The highest BCUT2D eigenvalue weighted by molar-refractivity contribution is 5.99. The molecule has 136 valence electrons. The quantitative estimate of drug-likeness (QED) is 0.521. The zero-order valence-electron chi connectivity index (χ0n) is 14.4. The molecule has 0 radical (unpaired) electrons. The van der Waals surface area contributed by atoms with Crippen molar-refractivity contribution in [2.24, 2.45) is 11.7 Å². The van der Waals surface area contributed by atoms with Crippen molar-refractivity contribution in [2.45, 2.75) is 25.0 Å². The van der Waals surface area contributed by atoms with E-state index < -0.39 is 4.92 Å². The summed E-state index contributed by atoms with van der Waals surface area (Å²) >= 11 is 0. The first-order valence-corrected chi connectivity index (χ1v) is 8.41. The van der Waals surface area contributed by atoms with E-state index in [1.807, 2.05) is 7.05 Å². The van der Waals surface area contributed by atoms with Gasteiger partial charge in [0.05, 0.1) is 28.5 Å². The molecule has 1 aromatic heterocycles. The summed E-state index contributed by atoms with van der Waals surface area (Å²) in [4.78, 5) is 16.9. The molecular formula is C17H21N7O2. The van der Waals surface area contributed by atoms with E-state index in [0.29, 0.717) is 5.39 Å². The Labute approximate surface area is 150 Å². The number of anilines is 1. The number of nitro benzene ring substituents is 1. The summed E-state index contributed by atoms with van der Waals surface area (Å²) in [7, 11) is 1.95. The van der Waals surface area contributed by atoms with Crippen LogP contribution >= 0.6 is 0 Å². The van der Waals surface area contributed by atoms with Crippen molar-refractivity contribution in [1.82, 2.24) is 15.8 Å². The largest absolute Gasteiger partial charge is 0.374 e. The van der Waals surface area contributed by atoms with Crippen LogP contribution in [0, 0.1) is 27.4 Å². The fourth-order valence-corrected chi connectivity index (χ4v) is 3.38. The minimum Gasteiger partial charge on any atom is -0.374 e. The van der Waals surface area contributed by atoms with E-state index in [-0.39, 0.29) is 23.8 Å². The first kappa shape index (κ1) is 18.0. The van der Waals surface area contributed by atoms with Gasteiger partial charge in [-0.2, -0.15) is 5.26 Å². The van der Waals surface area contributed by atoms with Gasteiger partial charge < -0.3 is 10.6 Å². The molecule has 9 heteroatoms.